The lowest BCUT2D eigenvalue weighted by Gasteiger charge is -2.35. The molecule has 3 heterocycles. The van der Waals surface area contributed by atoms with Crippen molar-refractivity contribution in [3.8, 4) is 0 Å². The molecule has 1 saturated heterocycles. The second-order valence-corrected chi connectivity index (χ2v) is 13.8. The van der Waals surface area contributed by atoms with Gasteiger partial charge < -0.3 is 15.5 Å². The zero-order valence-corrected chi connectivity index (χ0v) is 29.4. The highest BCUT2D eigenvalue weighted by Crippen LogP contribution is 2.42. The number of nitrogens with one attached hydrogen (secondary N) is 2. The van der Waals surface area contributed by atoms with Gasteiger partial charge in [0.2, 0.25) is 0 Å². The Balaban J connectivity index is 0.00000188. The Kier molecular flexibility index (Phi) is 10.9. The number of likely N-dealkylation sites (tertiary alicyclic amines) is 1. The van der Waals surface area contributed by atoms with Gasteiger partial charge >= 0.3 is 0 Å². The fraction of sp³-hybridized carbons (Fsp3) is 0.526. The van der Waals surface area contributed by atoms with Crippen molar-refractivity contribution in [3.05, 3.63) is 83.5 Å². The number of amides is 1. The van der Waals surface area contributed by atoms with Gasteiger partial charge in [-0.05, 0) is 74.8 Å². The molecular formula is C38H60N6O. The van der Waals surface area contributed by atoms with E-state index in [1.54, 1.807) is 0 Å². The van der Waals surface area contributed by atoms with Crippen molar-refractivity contribution in [3.63, 3.8) is 0 Å². The van der Waals surface area contributed by atoms with Crippen molar-refractivity contribution in [1.29, 1.82) is 0 Å². The first-order chi connectivity index (χ1) is 21.4. The number of rotatable bonds is 9. The molecule has 5 rings (SSSR count). The van der Waals surface area contributed by atoms with Gasteiger partial charge in [-0.25, -0.2) is 4.52 Å². The van der Waals surface area contributed by atoms with Gasteiger partial charge in [-0.2, -0.15) is 5.10 Å². The SMILES string of the molecule is C=C/C(=C\N(C)C)c1cc2c3c(cnn2c1)C(NC1=CC(C(=O)NC[C@@H]2CCCN2C(C)C)=CCC1(C)C)=CC(C)C3C.CC.[HH].[HH]. The predicted molar refractivity (Wildman–Crippen MR) is 194 cm³/mol. The summed E-state index contributed by atoms with van der Waals surface area (Å²) in [5.74, 6) is 0.671. The highest BCUT2D eigenvalue weighted by atomic mass is 16.1. The van der Waals surface area contributed by atoms with Gasteiger partial charge in [0.25, 0.3) is 5.91 Å². The monoisotopic (exact) mass is 616 g/mol. The van der Waals surface area contributed by atoms with E-state index in [0.717, 1.165) is 58.6 Å². The van der Waals surface area contributed by atoms with E-state index in [4.69, 9.17) is 5.10 Å². The summed E-state index contributed by atoms with van der Waals surface area (Å²) in [6.45, 7) is 23.4. The number of hydrogen-bond acceptors (Lipinski definition) is 5. The molecule has 7 nitrogen and oxygen atoms in total. The fourth-order valence-corrected chi connectivity index (χ4v) is 6.78. The van der Waals surface area contributed by atoms with Crippen LogP contribution in [0.2, 0.25) is 0 Å². The Labute approximate surface area is 274 Å². The summed E-state index contributed by atoms with van der Waals surface area (Å²) in [4.78, 5) is 17.9. The highest BCUT2D eigenvalue weighted by Gasteiger charge is 2.33. The molecule has 2 N–H and O–H groups in total. The predicted octanol–water partition coefficient (Wildman–Crippen LogP) is 7.85. The number of carbonyl (C=O) groups excluding carboxylic acids is 1. The second kappa shape index (κ2) is 14.2. The van der Waals surface area contributed by atoms with Crippen molar-refractivity contribution < 1.29 is 7.65 Å². The molecule has 2 unspecified atom stereocenters. The number of allylic oxidation sites excluding steroid dienone is 5. The zero-order chi connectivity index (χ0) is 33.1. The largest absolute Gasteiger partial charge is 0.383 e. The molecule has 248 valence electrons. The van der Waals surface area contributed by atoms with Gasteiger partial charge in [0, 0.05) is 81.5 Å². The molecule has 2 aliphatic carbocycles. The molecule has 45 heavy (non-hydrogen) atoms. The van der Waals surface area contributed by atoms with Gasteiger partial charge in [-0.1, -0.05) is 66.3 Å². The van der Waals surface area contributed by atoms with E-state index in [-0.39, 0.29) is 14.2 Å². The molecule has 3 atom stereocenters. The maximum absolute atomic E-state index is 13.4. The molecule has 7 heteroatoms. The molecule has 0 radical (unpaired) electrons. The molecule has 0 saturated carbocycles. The number of fused-ring (bicyclic) bond motifs is 3. The van der Waals surface area contributed by atoms with Crippen molar-refractivity contribution in [1.82, 2.24) is 30.0 Å². The summed E-state index contributed by atoms with van der Waals surface area (Å²) < 4.78 is 1.99. The van der Waals surface area contributed by atoms with Crippen LogP contribution in [-0.2, 0) is 4.79 Å². The lowest BCUT2D eigenvalue weighted by molar-refractivity contribution is -0.117. The van der Waals surface area contributed by atoms with E-state index in [9.17, 15) is 4.79 Å². The Morgan fingerprint density at radius 3 is 2.67 bits per heavy atom. The third-order valence-corrected chi connectivity index (χ3v) is 9.57. The van der Waals surface area contributed by atoms with Gasteiger partial charge in [0.15, 0.2) is 0 Å². The molecular weight excluding hydrogens is 556 g/mol. The van der Waals surface area contributed by atoms with Gasteiger partial charge in [0.05, 0.1) is 11.7 Å². The summed E-state index contributed by atoms with van der Waals surface area (Å²) in [6, 6.07) is 3.15. The van der Waals surface area contributed by atoms with E-state index < -0.39 is 0 Å². The lowest BCUT2D eigenvalue weighted by atomic mass is 9.78. The maximum atomic E-state index is 13.4. The van der Waals surface area contributed by atoms with Crippen LogP contribution in [-0.4, -0.2) is 64.6 Å². The topological polar surface area (TPSA) is 64.9 Å². The Hall–Kier alpha value is -3.58. The van der Waals surface area contributed by atoms with Gasteiger partial charge in [0.1, 0.15) is 0 Å². The molecule has 0 spiro atoms. The summed E-state index contributed by atoms with van der Waals surface area (Å²) >= 11 is 0. The van der Waals surface area contributed by atoms with Crippen LogP contribution in [0.1, 0.15) is 100 Å². The third-order valence-electron chi connectivity index (χ3n) is 9.57. The normalized spacial score (nSPS) is 23.0. The van der Waals surface area contributed by atoms with E-state index in [0.29, 0.717) is 30.5 Å². The molecule has 2 aromatic rings. The molecule has 0 aromatic carbocycles. The van der Waals surface area contributed by atoms with E-state index >= 15 is 0 Å². The summed E-state index contributed by atoms with van der Waals surface area (Å²) in [7, 11) is 4.04. The minimum Gasteiger partial charge on any atom is -0.383 e. The molecule has 1 fully saturated rings. The van der Waals surface area contributed by atoms with Crippen LogP contribution < -0.4 is 10.6 Å². The highest BCUT2D eigenvalue weighted by molar-refractivity contribution is 5.96. The van der Waals surface area contributed by atoms with Crippen molar-refractivity contribution in [2.24, 2.45) is 11.3 Å². The Bertz CT molecular complexity index is 1530. The molecule has 0 bridgehead atoms. The van der Waals surface area contributed by atoms with Crippen LogP contribution in [0.3, 0.4) is 0 Å². The van der Waals surface area contributed by atoms with E-state index in [1.807, 2.05) is 49.6 Å². The average Bonchev–Trinajstić information content (AvgIpc) is 3.66. The number of aromatic nitrogens is 2. The van der Waals surface area contributed by atoms with Crippen molar-refractivity contribution in [2.45, 2.75) is 92.7 Å². The van der Waals surface area contributed by atoms with E-state index in [2.05, 4.69) is 100 Å². The first-order valence-electron chi connectivity index (χ1n) is 16.9. The third kappa shape index (κ3) is 7.30. The first-order valence-corrected chi connectivity index (χ1v) is 16.9. The van der Waals surface area contributed by atoms with Crippen LogP contribution in [0.15, 0.2) is 66.8 Å². The number of hydrogen-bond donors (Lipinski definition) is 2. The lowest BCUT2D eigenvalue weighted by Crippen LogP contribution is -2.43. The van der Waals surface area contributed by atoms with Crippen LogP contribution in [0, 0.1) is 11.3 Å². The van der Waals surface area contributed by atoms with Crippen molar-refractivity contribution in [2.75, 3.05) is 27.2 Å². The van der Waals surface area contributed by atoms with E-state index in [1.165, 1.54) is 12.0 Å². The van der Waals surface area contributed by atoms with Gasteiger partial charge in [-0.15, -0.1) is 0 Å². The van der Waals surface area contributed by atoms with Gasteiger partial charge in [-0.3, -0.25) is 9.69 Å². The second-order valence-electron chi connectivity index (χ2n) is 13.8. The minimum absolute atomic E-state index is 0. The van der Waals surface area contributed by atoms with Crippen LogP contribution >= 0.6 is 0 Å². The summed E-state index contributed by atoms with van der Waals surface area (Å²) in [5, 5.41) is 11.9. The minimum atomic E-state index is -0.132. The number of nitrogens with zero attached hydrogens (tertiary/aromatic N) is 4. The Morgan fingerprint density at radius 2 is 2.00 bits per heavy atom. The van der Waals surface area contributed by atoms with Crippen LogP contribution in [0.4, 0.5) is 0 Å². The smallest absolute Gasteiger partial charge is 0.251 e. The fourth-order valence-electron chi connectivity index (χ4n) is 6.78. The summed E-state index contributed by atoms with van der Waals surface area (Å²) in [6.07, 6.45) is 17.7. The van der Waals surface area contributed by atoms with Crippen LogP contribution in [0.5, 0.6) is 0 Å². The number of carbonyl (C=O) groups is 1. The quantitative estimate of drug-likeness (QED) is 0.281. The molecule has 2 aromatic heterocycles. The average molecular weight is 617 g/mol. The standard InChI is InChI=1S/C36H50N6O.C2H6.2H2/c1-10-26(21-40(8)9)28-17-32-34-25(5)24(4)16-31(30(34)20-38-42(32)22-28)39-33-18-27(13-14-36(33,6)7)35(43)37-19-29-12-11-15-41(29)23(2)3;1-2;;/h10,13,16-18,20-25,29,39H,1,11-12,14-15,19H2,2-9H3,(H,37,43);1-2H3;2*1H/b26-21+;;;/t24?,25?,29-;;;/m0.../s1. The van der Waals surface area contributed by atoms with Crippen molar-refractivity contribution >= 4 is 22.7 Å². The first kappa shape index (κ1) is 34.3. The zero-order valence-electron chi connectivity index (χ0n) is 29.4. The maximum Gasteiger partial charge on any atom is 0.251 e. The Morgan fingerprint density at radius 1 is 1.27 bits per heavy atom. The molecule has 1 amide bonds. The molecule has 1 aliphatic heterocycles. The summed E-state index contributed by atoms with van der Waals surface area (Å²) in [5.41, 5.74) is 8.41. The van der Waals surface area contributed by atoms with Crippen LogP contribution in [0.25, 0.3) is 16.8 Å². The molecule has 3 aliphatic rings.